The molecular weight excluding hydrogens is 422 g/mol. The van der Waals surface area contributed by atoms with E-state index >= 15 is 0 Å². The highest BCUT2D eigenvalue weighted by molar-refractivity contribution is 5.95. The summed E-state index contributed by atoms with van der Waals surface area (Å²) in [5.41, 5.74) is 9.02. The number of aryl methyl sites for hydroxylation is 1. The zero-order chi connectivity index (χ0) is 24.4. The number of hydrogen-bond acceptors (Lipinski definition) is 5. The van der Waals surface area contributed by atoms with Crippen LogP contribution in [0, 0.1) is 6.92 Å². The summed E-state index contributed by atoms with van der Waals surface area (Å²) < 4.78 is 7.75. The first-order chi connectivity index (χ1) is 16.3. The van der Waals surface area contributed by atoms with Gasteiger partial charge in [0, 0.05) is 44.1 Å². The van der Waals surface area contributed by atoms with E-state index in [-0.39, 0.29) is 0 Å². The predicted molar refractivity (Wildman–Crippen MR) is 142 cm³/mol. The van der Waals surface area contributed by atoms with Crippen LogP contribution in [0.25, 0.3) is 22.3 Å². The van der Waals surface area contributed by atoms with Gasteiger partial charge in [-0.15, -0.1) is 0 Å². The van der Waals surface area contributed by atoms with Crippen molar-refractivity contribution in [1.82, 2.24) is 14.5 Å². The van der Waals surface area contributed by atoms with E-state index in [0.717, 1.165) is 46.0 Å². The van der Waals surface area contributed by atoms with Crippen LogP contribution in [0.5, 0.6) is 5.75 Å². The van der Waals surface area contributed by atoms with E-state index in [1.807, 2.05) is 43.4 Å². The van der Waals surface area contributed by atoms with Gasteiger partial charge in [0.2, 0.25) is 0 Å². The van der Waals surface area contributed by atoms with E-state index in [1.165, 1.54) is 16.8 Å². The van der Waals surface area contributed by atoms with Crippen molar-refractivity contribution in [3.63, 3.8) is 0 Å². The molecule has 0 aliphatic rings. The molecule has 0 bridgehead atoms. The van der Waals surface area contributed by atoms with E-state index in [2.05, 4.69) is 66.8 Å². The van der Waals surface area contributed by atoms with E-state index in [0.29, 0.717) is 12.6 Å². The lowest BCUT2D eigenvalue weighted by Crippen LogP contribution is -2.12. The van der Waals surface area contributed by atoms with Gasteiger partial charge in [-0.2, -0.15) is 0 Å². The first-order valence-corrected chi connectivity index (χ1v) is 11.9. The SMILES string of the molecule is CCc1c(C)c2nc(-c3cccnc3N(C)C)cc(NCc3ccc(OC)cc3)c2n1C(C)C. The van der Waals surface area contributed by atoms with Gasteiger partial charge in [-0.3, -0.25) is 0 Å². The molecule has 34 heavy (non-hydrogen) atoms. The van der Waals surface area contributed by atoms with Crippen molar-refractivity contribution >= 4 is 22.5 Å². The number of nitrogens with one attached hydrogen (secondary N) is 1. The predicted octanol–water partition coefficient (Wildman–Crippen LogP) is 6.24. The largest absolute Gasteiger partial charge is 0.497 e. The highest BCUT2D eigenvalue weighted by Crippen LogP contribution is 2.37. The minimum absolute atomic E-state index is 0.330. The van der Waals surface area contributed by atoms with Crippen molar-refractivity contribution in [2.24, 2.45) is 0 Å². The number of rotatable bonds is 8. The summed E-state index contributed by atoms with van der Waals surface area (Å²) in [5.74, 6) is 1.77. The van der Waals surface area contributed by atoms with Crippen molar-refractivity contribution in [2.75, 3.05) is 31.4 Å². The van der Waals surface area contributed by atoms with Gasteiger partial charge < -0.3 is 19.5 Å². The van der Waals surface area contributed by atoms with Gasteiger partial charge in [-0.1, -0.05) is 19.1 Å². The molecule has 1 N–H and O–H groups in total. The Bertz CT molecular complexity index is 1290. The fourth-order valence-electron chi connectivity index (χ4n) is 4.67. The fourth-order valence-corrected chi connectivity index (χ4v) is 4.67. The maximum absolute atomic E-state index is 5.31. The summed E-state index contributed by atoms with van der Waals surface area (Å²) in [7, 11) is 5.72. The number of ether oxygens (including phenoxy) is 1. The Hall–Kier alpha value is -3.54. The van der Waals surface area contributed by atoms with Gasteiger partial charge in [0.05, 0.1) is 29.5 Å². The molecule has 3 aromatic heterocycles. The molecule has 0 unspecified atom stereocenters. The Kier molecular flexibility index (Phi) is 6.77. The number of methoxy groups -OCH3 is 1. The second kappa shape index (κ2) is 9.75. The van der Waals surface area contributed by atoms with E-state index in [1.54, 1.807) is 7.11 Å². The second-order valence-electron chi connectivity index (χ2n) is 9.11. The molecule has 0 saturated carbocycles. The average Bonchev–Trinajstić information content (AvgIpc) is 3.14. The summed E-state index contributed by atoms with van der Waals surface area (Å²) in [6.07, 6.45) is 2.79. The Morgan fingerprint density at radius 2 is 1.85 bits per heavy atom. The van der Waals surface area contributed by atoms with Crippen LogP contribution >= 0.6 is 0 Å². The van der Waals surface area contributed by atoms with E-state index in [9.17, 15) is 0 Å². The summed E-state index contributed by atoms with van der Waals surface area (Å²) in [4.78, 5) is 11.8. The summed E-state index contributed by atoms with van der Waals surface area (Å²) in [5, 5.41) is 3.72. The van der Waals surface area contributed by atoms with E-state index in [4.69, 9.17) is 9.72 Å². The summed E-state index contributed by atoms with van der Waals surface area (Å²) in [6, 6.07) is 14.8. The lowest BCUT2D eigenvalue weighted by atomic mass is 10.1. The zero-order valence-electron chi connectivity index (χ0n) is 21.3. The second-order valence-corrected chi connectivity index (χ2v) is 9.11. The molecule has 0 amide bonds. The third-order valence-corrected chi connectivity index (χ3v) is 6.29. The number of anilines is 2. The minimum Gasteiger partial charge on any atom is -0.497 e. The Morgan fingerprint density at radius 1 is 1.12 bits per heavy atom. The van der Waals surface area contributed by atoms with Crippen molar-refractivity contribution in [3.8, 4) is 17.0 Å². The first-order valence-electron chi connectivity index (χ1n) is 11.9. The summed E-state index contributed by atoms with van der Waals surface area (Å²) >= 11 is 0. The topological polar surface area (TPSA) is 55.2 Å². The molecule has 0 saturated heterocycles. The van der Waals surface area contributed by atoms with Crippen LogP contribution in [0.1, 0.15) is 43.6 Å². The highest BCUT2D eigenvalue weighted by Gasteiger charge is 2.22. The van der Waals surface area contributed by atoms with Crippen LogP contribution in [0.15, 0.2) is 48.7 Å². The van der Waals surface area contributed by atoms with Gasteiger partial charge in [0.25, 0.3) is 0 Å². The van der Waals surface area contributed by atoms with Crippen LogP contribution in [0.3, 0.4) is 0 Å². The summed E-state index contributed by atoms with van der Waals surface area (Å²) in [6.45, 7) is 9.60. The molecule has 3 heterocycles. The minimum atomic E-state index is 0.330. The van der Waals surface area contributed by atoms with Crippen LogP contribution in [-0.4, -0.2) is 35.7 Å². The lowest BCUT2D eigenvalue weighted by molar-refractivity contribution is 0.414. The van der Waals surface area contributed by atoms with Crippen molar-refractivity contribution in [1.29, 1.82) is 0 Å². The quantitative estimate of drug-likeness (QED) is 0.340. The Morgan fingerprint density at radius 3 is 2.47 bits per heavy atom. The Balaban J connectivity index is 1.90. The molecule has 1 aromatic carbocycles. The molecule has 0 spiro atoms. The van der Waals surface area contributed by atoms with Gasteiger partial charge in [-0.25, -0.2) is 9.97 Å². The molecule has 0 radical (unpaired) electrons. The van der Waals surface area contributed by atoms with Gasteiger partial charge in [0.15, 0.2) is 0 Å². The first kappa shape index (κ1) is 23.6. The van der Waals surface area contributed by atoms with Gasteiger partial charge >= 0.3 is 0 Å². The molecule has 4 rings (SSSR count). The van der Waals surface area contributed by atoms with Gasteiger partial charge in [0.1, 0.15) is 11.6 Å². The molecule has 178 valence electrons. The fraction of sp³-hybridized carbons (Fsp3) is 0.357. The number of hydrogen-bond donors (Lipinski definition) is 1. The van der Waals surface area contributed by atoms with Crippen LogP contribution in [-0.2, 0) is 13.0 Å². The van der Waals surface area contributed by atoms with Crippen molar-refractivity contribution < 1.29 is 4.74 Å². The smallest absolute Gasteiger partial charge is 0.137 e. The molecule has 0 fully saturated rings. The lowest BCUT2D eigenvalue weighted by Gasteiger charge is -2.19. The number of fused-ring (bicyclic) bond motifs is 1. The molecular formula is C28H35N5O. The number of aromatic nitrogens is 3. The van der Waals surface area contributed by atoms with Crippen LogP contribution < -0.4 is 15.0 Å². The molecule has 6 nitrogen and oxygen atoms in total. The molecule has 0 aliphatic carbocycles. The molecule has 4 aromatic rings. The zero-order valence-corrected chi connectivity index (χ0v) is 21.3. The monoisotopic (exact) mass is 457 g/mol. The number of nitrogens with zero attached hydrogens (tertiary/aromatic N) is 4. The molecule has 0 aliphatic heterocycles. The number of pyridine rings is 2. The van der Waals surface area contributed by atoms with Crippen molar-refractivity contribution in [2.45, 2.75) is 46.7 Å². The standard InChI is InChI=1S/C28H35N5O/c1-8-25-19(4)26-27(33(25)18(2)3)24(30-17-20-11-13-21(34-7)14-12-20)16-23(31-26)22-10-9-15-29-28(22)32(5)6/h9-16,18H,8,17H2,1-7H3,(H,30,31). The number of benzene rings is 1. The molecule has 6 heteroatoms. The van der Waals surface area contributed by atoms with Crippen LogP contribution in [0.4, 0.5) is 11.5 Å². The third kappa shape index (κ3) is 4.32. The highest BCUT2D eigenvalue weighted by atomic mass is 16.5. The third-order valence-electron chi connectivity index (χ3n) is 6.29. The Labute approximate surface area is 202 Å². The van der Waals surface area contributed by atoms with Crippen LogP contribution in [0.2, 0.25) is 0 Å². The average molecular weight is 458 g/mol. The maximum atomic E-state index is 5.31. The van der Waals surface area contributed by atoms with Crippen molar-refractivity contribution in [3.05, 3.63) is 65.5 Å². The maximum Gasteiger partial charge on any atom is 0.137 e. The molecule has 0 atom stereocenters. The van der Waals surface area contributed by atoms with E-state index < -0.39 is 0 Å². The normalized spacial score (nSPS) is 11.3. The van der Waals surface area contributed by atoms with Gasteiger partial charge in [-0.05, 0) is 68.7 Å².